The minimum absolute atomic E-state index is 0.125. The van der Waals surface area contributed by atoms with Crippen molar-refractivity contribution in [2.24, 2.45) is 5.92 Å². The van der Waals surface area contributed by atoms with Crippen LogP contribution in [0.3, 0.4) is 0 Å². The number of rotatable bonds is 4. The first-order valence-electron chi connectivity index (χ1n) is 12.7. The topological polar surface area (TPSA) is 85.0 Å². The van der Waals surface area contributed by atoms with Crippen LogP contribution in [0.1, 0.15) is 44.1 Å². The van der Waals surface area contributed by atoms with Crippen LogP contribution in [-0.2, 0) is 19.8 Å². The van der Waals surface area contributed by atoms with Crippen LogP contribution in [0.15, 0.2) is 12.1 Å². The first kappa shape index (κ1) is 22.0. The van der Waals surface area contributed by atoms with Crippen molar-refractivity contribution in [2.75, 3.05) is 55.6 Å². The lowest BCUT2D eigenvalue weighted by Crippen LogP contribution is -2.54. The molecule has 8 nitrogen and oxygen atoms in total. The van der Waals surface area contributed by atoms with Crippen molar-refractivity contribution in [1.29, 1.82) is 0 Å². The summed E-state index contributed by atoms with van der Waals surface area (Å²) in [5, 5.41) is 5.75. The maximum absolute atomic E-state index is 15.4. The van der Waals surface area contributed by atoms with E-state index in [0.717, 1.165) is 70.1 Å². The summed E-state index contributed by atoms with van der Waals surface area (Å²) >= 11 is 0. The van der Waals surface area contributed by atoms with E-state index in [1.165, 1.54) is 23.8 Å². The summed E-state index contributed by atoms with van der Waals surface area (Å²) in [6.07, 6.45) is 4.34. The second-order valence-electron chi connectivity index (χ2n) is 10.5. The number of piperidine rings is 2. The number of hydrogen-bond acceptors (Lipinski definition) is 6. The van der Waals surface area contributed by atoms with Gasteiger partial charge < -0.3 is 10.2 Å². The molecule has 0 bridgehead atoms. The molecule has 3 saturated heterocycles. The number of halogens is 1. The number of nitrogens with one attached hydrogen (secondary N) is 2. The molecule has 1 unspecified atom stereocenters. The maximum Gasteiger partial charge on any atom is 0.249 e. The van der Waals surface area contributed by atoms with Gasteiger partial charge in [0.15, 0.2) is 0 Å². The van der Waals surface area contributed by atoms with E-state index in [-0.39, 0.29) is 30.5 Å². The van der Waals surface area contributed by atoms with Crippen molar-refractivity contribution >= 4 is 29.1 Å². The van der Waals surface area contributed by atoms with Crippen molar-refractivity contribution < 1.29 is 18.8 Å². The van der Waals surface area contributed by atoms with Crippen molar-refractivity contribution in [2.45, 2.75) is 50.0 Å². The predicted molar refractivity (Wildman–Crippen MR) is 125 cm³/mol. The average molecular weight is 470 g/mol. The van der Waals surface area contributed by atoms with E-state index in [9.17, 15) is 14.4 Å². The highest BCUT2D eigenvalue weighted by atomic mass is 19.1. The van der Waals surface area contributed by atoms with E-state index in [1.807, 2.05) is 6.07 Å². The van der Waals surface area contributed by atoms with Crippen molar-refractivity contribution in [3.8, 4) is 0 Å². The molecule has 3 amide bonds. The van der Waals surface area contributed by atoms with E-state index < -0.39 is 17.4 Å². The van der Waals surface area contributed by atoms with Gasteiger partial charge in [-0.1, -0.05) is 0 Å². The van der Waals surface area contributed by atoms with Gasteiger partial charge in [0, 0.05) is 45.2 Å². The molecule has 0 radical (unpaired) electrons. The van der Waals surface area contributed by atoms with Gasteiger partial charge in [0.25, 0.3) is 0 Å². The SMILES string of the molecule is O=C1CCC(N2C(=O)C3(CC3)c3cc(N4CCN(CC5CCNCC5)CC4)c(F)cc32)C(=O)N1. The number of carbonyl (C=O) groups is 3. The van der Waals surface area contributed by atoms with Crippen LogP contribution in [-0.4, -0.2) is 74.5 Å². The van der Waals surface area contributed by atoms with E-state index in [4.69, 9.17) is 0 Å². The normalized spacial score (nSPS) is 27.3. The van der Waals surface area contributed by atoms with Crippen LogP contribution in [0.4, 0.5) is 15.8 Å². The number of fused-ring (bicyclic) bond motifs is 2. The summed E-state index contributed by atoms with van der Waals surface area (Å²) in [4.78, 5) is 43.6. The minimum Gasteiger partial charge on any atom is -0.367 e. The zero-order valence-electron chi connectivity index (χ0n) is 19.4. The summed E-state index contributed by atoms with van der Waals surface area (Å²) in [5.74, 6) is -0.532. The van der Waals surface area contributed by atoms with Gasteiger partial charge in [-0.25, -0.2) is 4.39 Å². The Morgan fingerprint density at radius 2 is 1.71 bits per heavy atom. The fourth-order valence-corrected chi connectivity index (χ4v) is 6.28. The monoisotopic (exact) mass is 469 g/mol. The number of imide groups is 1. The number of amides is 3. The number of anilines is 2. The van der Waals surface area contributed by atoms with Crippen LogP contribution in [0.2, 0.25) is 0 Å². The molecule has 1 atom stereocenters. The number of benzene rings is 1. The number of carbonyl (C=O) groups excluding carboxylic acids is 3. The third kappa shape index (κ3) is 3.60. The standard InChI is InChI=1S/C25H32FN5O3/c26-18-14-20-17(25(5-6-25)24(34)31(20)19-1-2-22(32)28-23(19)33)13-21(18)30-11-9-29(10-12-30)15-16-3-7-27-8-4-16/h13-14,16,19,27H,1-12,15H2,(H,28,32,33). The molecule has 4 aliphatic heterocycles. The number of piperazine rings is 1. The van der Waals surface area contributed by atoms with Gasteiger partial charge in [0.05, 0.1) is 16.8 Å². The lowest BCUT2D eigenvalue weighted by molar-refractivity contribution is -0.135. The zero-order chi connectivity index (χ0) is 23.4. The van der Waals surface area contributed by atoms with Crippen molar-refractivity contribution in [3.05, 3.63) is 23.5 Å². The fourth-order valence-electron chi connectivity index (χ4n) is 6.28. The molecule has 1 aromatic rings. The maximum atomic E-state index is 15.4. The van der Waals surface area contributed by atoms with E-state index in [1.54, 1.807) is 0 Å². The Labute approximate surface area is 198 Å². The molecule has 1 aromatic carbocycles. The van der Waals surface area contributed by atoms with E-state index in [0.29, 0.717) is 11.4 Å². The molecule has 4 heterocycles. The Morgan fingerprint density at radius 1 is 0.971 bits per heavy atom. The molecule has 182 valence electrons. The predicted octanol–water partition coefficient (Wildman–Crippen LogP) is 1.13. The lowest BCUT2D eigenvalue weighted by atomic mass is 9.96. The highest BCUT2D eigenvalue weighted by Crippen LogP contribution is 2.59. The smallest absolute Gasteiger partial charge is 0.249 e. The first-order chi connectivity index (χ1) is 16.5. The number of hydrogen-bond donors (Lipinski definition) is 2. The van der Waals surface area contributed by atoms with E-state index >= 15 is 4.39 Å². The van der Waals surface area contributed by atoms with Gasteiger partial charge in [-0.3, -0.25) is 29.5 Å². The summed E-state index contributed by atoms with van der Waals surface area (Å²) in [7, 11) is 0. The molecule has 34 heavy (non-hydrogen) atoms. The first-order valence-corrected chi connectivity index (χ1v) is 12.7. The van der Waals surface area contributed by atoms with Gasteiger partial charge >= 0.3 is 0 Å². The fraction of sp³-hybridized carbons (Fsp3) is 0.640. The molecule has 2 N–H and O–H groups in total. The molecule has 1 spiro atoms. The van der Waals surface area contributed by atoms with Crippen LogP contribution in [0.25, 0.3) is 0 Å². The molecule has 1 saturated carbocycles. The summed E-state index contributed by atoms with van der Waals surface area (Å²) in [6, 6.07) is 2.55. The molecule has 1 aliphatic carbocycles. The average Bonchev–Trinajstić information content (AvgIpc) is 3.60. The van der Waals surface area contributed by atoms with Crippen LogP contribution in [0.5, 0.6) is 0 Å². The van der Waals surface area contributed by atoms with Gasteiger partial charge in [0.2, 0.25) is 17.7 Å². The highest BCUT2D eigenvalue weighted by molar-refractivity contribution is 6.15. The zero-order valence-corrected chi connectivity index (χ0v) is 19.4. The molecular formula is C25H32FN5O3. The Kier molecular flexibility index (Phi) is 5.37. The third-order valence-electron chi connectivity index (χ3n) is 8.43. The highest BCUT2D eigenvalue weighted by Gasteiger charge is 2.61. The summed E-state index contributed by atoms with van der Waals surface area (Å²) in [6.45, 7) is 6.65. The molecule has 4 fully saturated rings. The lowest BCUT2D eigenvalue weighted by Gasteiger charge is -2.38. The van der Waals surface area contributed by atoms with Crippen molar-refractivity contribution in [1.82, 2.24) is 15.5 Å². The molecule has 6 rings (SSSR count). The molecule has 5 aliphatic rings. The summed E-state index contributed by atoms with van der Waals surface area (Å²) in [5.41, 5.74) is 1.28. The van der Waals surface area contributed by atoms with E-state index in [2.05, 4.69) is 20.4 Å². The molecule has 0 aromatic heterocycles. The Bertz CT molecular complexity index is 1030. The van der Waals surface area contributed by atoms with Crippen LogP contribution in [0, 0.1) is 11.7 Å². The second-order valence-corrected chi connectivity index (χ2v) is 10.5. The Morgan fingerprint density at radius 3 is 2.38 bits per heavy atom. The van der Waals surface area contributed by atoms with Crippen LogP contribution < -0.4 is 20.4 Å². The summed E-state index contributed by atoms with van der Waals surface area (Å²) < 4.78 is 15.4. The quantitative estimate of drug-likeness (QED) is 0.644. The number of nitrogens with zero attached hydrogens (tertiary/aromatic N) is 3. The van der Waals surface area contributed by atoms with Gasteiger partial charge in [-0.05, 0) is 62.7 Å². The second kappa shape index (κ2) is 8.30. The van der Waals surface area contributed by atoms with Gasteiger partial charge in [0.1, 0.15) is 11.9 Å². The molecular weight excluding hydrogens is 437 g/mol. The van der Waals surface area contributed by atoms with Gasteiger partial charge in [-0.2, -0.15) is 0 Å². The third-order valence-corrected chi connectivity index (χ3v) is 8.43. The molecule has 9 heteroatoms. The Balaban J connectivity index is 1.21. The van der Waals surface area contributed by atoms with Gasteiger partial charge in [-0.15, -0.1) is 0 Å². The Hall–Kier alpha value is -2.52. The minimum atomic E-state index is -0.757. The van der Waals surface area contributed by atoms with Crippen molar-refractivity contribution in [3.63, 3.8) is 0 Å². The van der Waals surface area contributed by atoms with Crippen LogP contribution >= 0.6 is 0 Å². The largest absolute Gasteiger partial charge is 0.367 e.